The van der Waals surface area contributed by atoms with Crippen molar-refractivity contribution in [1.29, 1.82) is 0 Å². The van der Waals surface area contributed by atoms with Crippen LogP contribution in [0.3, 0.4) is 0 Å². The maximum absolute atomic E-state index is 13.9. The van der Waals surface area contributed by atoms with E-state index in [0.717, 1.165) is 28.9 Å². The van der Waals surface area contributed by atoms with Crippen LogP contribution in [0.5, 0.6) is 0 Å². The number of hydrogen-bond donors (Lipinski definition) is 1. The Hall–Kier alpha value is -3.03. The van der Waals surface area contributed by atoms with Gasteiger partial charge in [-0.1, -0.05) is 47.2 Å². The van der Waals surface area contributed by atoms with Gasteiger partial charge in [-0.2, -0.15) is 5.10 Å². The summed E-state index contributed by atoms with van der Waals surface area (Å²) in [7, 11) is 0. The highest BCUT2D eigenvalue weighted by atomic mass is 35.5. The van der Waals surface area contributed by atoms with Crippen LogP contribution in [-0.4, -0.2) is 20.7 Å². The lowest BCUT2D eigenvalue weighted by Crippen LogP contribution is -2.12. The number of nitrogens with one attached hydrogen (secondary N) is 1. The largest absolute Gasteiger partial charge is 0.319 e. The topological polar surface area (TPSA) is 59.8 Å². The molecule has 31 heavy (non-hydrogen) atoms. The molecule has 0 unspecified atom stereocenters. The van der Waals surface area contributed by atoms with Gasteiger partial charge in [-0.25, -0.2) is 14.1 Å². The maximum atomic E-state index is 13.9. The van der Waals surface area contributed by atoms with Crippen molar-refractivity contribution in [2.24, 2.45) is 0 Å². The zero-order valence-electron chi connectivity index (χ0n) is 17.2. The fourth-order valence-corrected chi connectivity index (χ4v) is 4.44. The Morgan fingerprint density at radius 3 is 2.52 bits per heavy atom. The fourth-order valence-electron chi connectivity index (χ4n) is 3.35. The van der Waals surface area contributed by atoms with Gasteiger partial charge in [0.2, 0.25) is 5.13 Å². The summed E-state index contributed by atoms with van der Waals surface area (Å²) in [5.74, 6) is -0.877. The third-order valence-corrected chi connectivity index (χ3v) is 6.41. The van der Waals surface area contributed by atoms with E-state index in [-0.39, 0.29) is 5.69 Å². The number of carbonyl (C=O) groups excluding carboxylic acids is 1. The van der Waals surface area contributed by atoms with E-state index in [1.807, 2.05) is 38.1 Å². The summed E-state index contributed by atoms with van der Waals surface area (Å²) in [6.07, 6.45) is 0.722. The first-order valence-electron chi connectivity index (χ1n) is 9.66. The summed E-state index contributed by atoms with van der Waals surface area (Å²) < 4.78 is 15.7. The molecule has 5 nitrogen and oxygen atoms in total. The first-order chi connectivity index (χ1) is 14.8. The van der Waals surface area contributed by atoms with Gasteiger partial charge in [-0.15, -0.1) is 0 Å². The molecule has 1 N–H and O–H groups in total. The van der Waals surface area contributed by atoms with E-state index in [2.05, 4.69) is 15.4 Å². The van der Waals surface area contributed by atoms with Crippen LogP contribution in [0.4, 0.5) is 10.1 Å². The lowest BCUT2D eigenvalue weighted by atomic mass is 10.0. The Morgan fingerprint density at radius 2 is 1.81 bits per heavy atom. The number of carbonyl (C=O) groups is 1. The predicted molar refractivity (Wildman–Crippen MR) is 122 cm³/mol. The molecule has 0 aliphatic rings. The Bertz CT molecular complexity index is 1260. The third kappa shape index (κ3) is 4.38. The van der Waals surface area contributed by atoms with Crippen molar-refractivity contribution in [2.75, 3.05) is 5.32 Å². The quantitative estimate of drug-likeness (QED) is 0.409. The van der Waals surface area contributed by atoms with Crippen molar-refractivity contribution in [3.63, 3.8) is 0 Å². The van der Waals surface area contributed by atoms with Crippen molar-refractivity contribution in [3.05, 3.63) is 92.5 Å². The van der Waals surface area contributed by atoms with E-state index in [9.17, 15) is 9.18 Å². The van der Waals surface area contributed by atoms with Crippen molar-refractivity contribution in [1.82, 2.24) is 14.8 Å². The number of amides is 1. The molecule has 0 atom stereocenters. The monoisotopic (exact) mass is 454 g/mol. The molecule has 0 saturated heterocycles. The van der Waals surface area contributed by atoms with Gasteiger partial charge in [0.25, 0.3) is 5.91 Å². The molecule has 2 aromatic heterocycles. The lowest BCUT2D eigenvalue weighted by Gasteiger charge is -2.04. The van der Waals surface area contributed by atoms with E-state index in [0.29, 0.717) is 20.7 Å². The minimum absolute atomic E-state index is 0.137. The molecule has 8 heteroatoms. The zero-order chi connectivity index (χ0) is 22.1. The highest BCUT2D eigenvalue weighted by molar-refractivity contribution is 7.16. The molecule has 4 aromatic rings. The van der Waals surface area contributed by atoms with Crippen LogP contribution in [0, 0.1) is 26.6 Å². The normalized spacial score (nSPS) is 11.0. The number of hydrogen-bond acceptors (Lipinski definition) is 4. The average Bonchev–Trinajstić information content (AvgIpc) is 3.26. The van der Waals surface area contributed by atoms with Crippen molar-refractivity contribution in [3.8, 4) is 5.13 Å². The van der Waals surface area contributed by atoms with E-state index in [1.165, 1.54) is 23.5 Å². The van der Waals surface area contributed by atoms with Gasteiger partial charge >= 0.3 is 0 Å². The Kier molecular flexibility index (Phi) is 5.89. The average molecular weight is 455 g/mol. The second-order valence-corrected chi connectivity index (χ2v) is 8.62. The van der Waals surface area contributed by atoms with Crippen molar-refractivity contribution < 1.29 is 9.18 Å². The predicted octanol–water partition coefficient (Wildman–Crippen LogP) is 5.89. The van der Waals surface area contributed by atoms with Crippen LogP contribution in [0.1, 0.15) is 37.9 Å². The number of aryl methyl sites for hydroxylation is 2. The van der Waals surface area contributed by atoms with E-state index >= 15 is 0 Å². The van der Waals surface area contributed by atoms with Crippen LogP contribution in [-0.2, 0) is 6.42 Å². The molecule has 0 aliphatic heterocycles. The molecule has 158 valence electrons. The number of para-hydroxylation sites is 1. The molecule has 0 bridgehead atoms. The Labute approximate surface area is 188 Å². The molecule has 0 radical (unpaired) electrons. The minimum atomic E-state index is -0.483. The molecule has 2 heterocycles. The highest BCUT2D eigenvalue weighted by Gasteiger charge is 2.21. The fraction of sp³-hybridized carbons (Fsp3) is 0.174. The molecule has 0 aliphatic carbocycles. The molecule has 0 spiro atoms. The summed E-state index contributed by atoms with van der Waals surface area (Å²) in [5, 5.41) is 8.57. The van der Waals surface area contributed by atoms with Crippen LogP contribution in [0.15, 0.2) is 48.5 Å². The lowest BCUT2D eigenvalue weighted by molar-refractivity contribution is 0.102. The summed E-state index contributed by atoms with van der Waals surface area (Å²) in [6.45, 7) is 5.71. The van der Waals surface area contributed by atoms with Crippen molar-refractivity contribution in [2.45, 2.75) is 27.2 Å². The van der Waals surface area contributed by atoms with Crippen LogP contribution in [0.2, 0.25) is 5.02 Å². The summed E-state index contributed by atoms with van der Waals surface area (Å²) in [4.78, 5) is 17.7. The summed E-state index contributed by atoms with van der Waals surface area (Å²) in [5.41, 5.74) is 4.81. The molecular formula is C23H20ClFN4OS. The van der Waals surface area contributed by atoms with Crippen LogP contribution < -0.4 is 5.32 Å². The first kappa shape index (κ1) is 21.2. The second-order valence-electron chi connectivity index (χ2n) is 7.21. The van der Waals surface area contributed by atoms with Gasteiger partial charge in [0, 0.05) is 22.7 Å². The molecule has 1 amide bonds. The highest BCUT2D eigenvalue weighted by Crippen LogP contribution is 2.27. The van der Waals surface area contributed by atoms with E-state index in [1.54, 1.807) is 23.7 Å². The number of rotatable bonds is 5. The first-order valence-corrected chi connectivity index (χ1v) is 10.9. The Balaban J connectivity index is 1.61. The SMILES string of the molecule is Cc1nc(-n2nc(C)c(Cc3ccc(Cl)cc3)c2C)sc1C(=O)Nc1ccccc1F. The van der Waals surface area contributed by atoms with Gasteiger partial charge in [-0.3, -0.25) is 4.79 Å². The number of aromatic nitrogens is 3. The van der Waals surface area contributed by atoms with Crippen LogP contribution >= 0.6 is 22.9 Å². The standard InChI is InChI=1S/C23H20ClFN4OS/c1-13-18(12-16-8-10-17(24)11-9-16)15(3)29(28-13)23-26-14(2)21(31-23)22(30)27-20-7-5-4-6-19(20)25/h4-11H,12H2,1-3H3,(H,27,30). The van der Waals surface area contributed by atoms with Gasteiger partial charge in [-0.05, 0) is 50.6 Å². The van der Waals surface area contributed by atoms with Gasteiger partial charge in [0.1, 0.15) is 10.7 Å². The number of halogens is 2. The van der Waals surface area contributed by atoms with E-state index in [4.69, 9.17) is 11.6 Å². The van der Waals surface area contributed by atoms with Crippen LogP contribution in [0.25, 0.3) is 5.13 Å². The van der Waals surface area contributed by atoms with E-state index < -0.39 is 11.7 Å². The Morgan fingerprint density at radius 1 is 1.10 bits per heavy atom. The summed E-state index contributed by atoms with van der Waals surface area (Å²) in [6, 6.07) is 13.8. The summed E-state index contributed by atoms with van der Waals surface area (Å²) >= 11 is 7.21. The number of nitrogens with zero attached hydrogens (tertiary/aromatic N) is 3. The zero-order valence-corrected chi connectivity index (χ0v) is 18.8. The number of benzene rings is 2. The molecule has 0 fully saturated rings. The molecule has 0 saturated carbocycles. The molecule has 2 aromatic carbocycles. The minimum Gasteiger partial charge on any atom is -0.319 e. The smallest absolute Gasteiger partial charge is 0.267 e. The maximum Gasteiger partial charge on any atom is 0.267 e. The second kappa shape index (κ2) is 8.61. The third-order valence-electron chi connectivity index (χ3n) is 5.03. The van der Waals surface area contributed by atoms with Crippen molar-refractivity contribution >= 4 is 34.5 Å². The number of thiazole rings is 1. The van der Waals surface area contributed by atoms with Gasteiger partial charge < -0.3 is 5.32 Å². The van der Waals surface area contributed by atoms with Gasteiger partial charge in [0.05, 0.1) is 17.1 Å². The molecular weight excluding hydrogens is 435 g/mol. The molecule has 4 rings (SSSR count). The van der Waals surface area contributed by atoms with Gasteiger partial charge in [0.15, 0.2) is 0 Å². The number of anilines is 1.